The van der Waals surface area contributed by atoms with Crippen molar-refractivity contribution in [1.29, 1.82) is 0 Å². The van der Waals surface area contributed by atoms with Crippen LogP contribution < -0.4 is 10.1 Å². The average molecular weight is 326 g/mol. The van der Waals surface area contributed by atoms with Gasteiger partial charge in [-0.2, -0.15) is 0 Å². The summed E-state index contributed by atoms with van der Waals surface area (Å²) in [7, 11) is 0. The predicted octanol–water partition coefficient (Wildman–Crippen LogP) is 4.72. The van der Waals surface area contributed by atoms with Crippen molar-refractivity contribution >= 4 is 34.7 Å². The molecule has 0 spiro atoms. The molecule has 0 saturated heterocycles. The zero-order valence-corrected chi connectivity index (χ0v) is 13.7. The summed E-state index contributed by atoms with van der Waals surface area (Å²) in [4.78, 5) is 8.79. The minimum atomic E-state index is 0. The Balaban J connectivity index is 0.00000161. The molecular formula is C15H20ClN3OS. The summed E-state index contributed by atoms with van der Waals surface area (Å²) in [6.07, 6.45) is 8.24. The van der Waals surface area contributed by atoms with Gasteiger partial charge < -0.3 is 10.1 Å². The fourth-order valence-electron chi connectivity index (χ4n) is 2.45. The molecule has 4 nitrogen and oxygen atoms in total. The van der Waals surface area contributed by atoms with Crippen molar-refractivity contribution in [2.24, 2.45) is 0 Å². The van der Waals surface area contributed by atoms with Crippen LogP contribution in [0.15, 0.2) is 23.7 Å². The van der Waals surface area contributed by atoms with E-state index in [0.717, 1.165) is 35.2 Å². The van der Waals surface area contributed by atoms with Gasteiger partial charge in [0.05, 0.1) is 11.8 Å². The first kappa shape index (κ1) is 16.0. The van der Waals surface area contributed by atoms with E-state index in [4.69, 9.17) is 4.74 Å². The first-order chi connectivity index (χ1) is 9.81. The van der Waals surface area contributed by atoms with Crippen molar-refractivity contribution < 1.29 is 4.74 Å². The number of nitrogens with one attached hydrogen (secondary N) is 1. The summed E-state index contributed by atoms with van der Waals surface area (Å²) >= 11 is 1.58. The second-order valence-electron chi connectivity index (χ2n) is 5.15. The zero-order chi connectivity index (χ0) is 13.8. The largest absolute Gasteiger partial charge is 0.487 e. The fraction of sp³-hybridized carbons (Fsp3) is 0.467. The van der Waals surface area contributed by atoms with Crippen molar-refractivity contribution in [2.45, 2.75) is 45.1 Å². The molecular weight excluding hydrogens is 306 g/mol. The standard InChI is InChI=1S/C15H19N3OS.ClH/c1-11-10-20-15(17-11)18-14-13(8-5-9-16-14)19-12-6-3-2-4-7-12;/h5,8-10,12H,2-4,6-7H2,1H3,(H,16,17,18);1H. The average Bonchev–Trinajstić information content (AvgIpc) is 2.88. The quantitative estimate of drug-likeness (QED) is 0.883. The smallest absolute Gasteiger partial charge is 0.188 e. The zero-order valence-electron chi connectivity index (χ0n) is 12.0. The minimum Gasteiger partial charge on any atom is -0.487 e. The number of thiazole rings is 1. The van der Waals surface area contributed by atoms with Crippen molar-refractivity contribution in [3.63, 3.8) is 0 Å². The number of aromatic nitrogens is 2. The maximum absolute atomic E-state index is 6.12. The van der Waals surface area contributed by atoms with E-state index in [1.165, 1.54) is 19.3 Å². The number of hydrogen-bond donors (Lipinski definition) is 1. The number of aryl methyl sites for hydroxylation is 1. The molecule has 1 fully saturated rings. The Bertz CT molecular complexity index is 570. The second kappa shape index (κ2) is 7.61. The molecule has 0 radical (unpaired) electrons. The number of nitrogens with zero attached hydrogens (tertiary/aromatic N) is 2. The summed E-state index contributed by atoms with van der Waals surface area (Å²) in [5, 5.41) is 6.13. The van der Waals surface area contributed by atoms with Crippen LogP contribution in [0.5, 0.6) is 5.75 Å². The molecule has 0 bridgehead atoms. The Morgan fingerprint density at radius 2 is 2.10 bits per heavy atom. The van der Waals surface area contributed by atoms with E-state index >= 15 is 0 Å². The topological polar surface area (TPSA) is 47.0 Å². The highest BCUT2D eigenvalue weighted by Crippen LogP contribution is 2.30. The number of halogens is 1. The van der Waals surface area contributed by atoms with E-state index in [0.29, 0.717) is 6.10 Å². The van der Waals surface area contributed by atoms with Gasteiger partial charge in [-0.15, -0.1) is 23.7 Å². The highest BCUT2D eigenvalue weighted by atomic mass is 35.5. The van der Waals surface area contributed by atoms with E-state index in [-0.39, 0.29) is 12.4 Å². The normalized spacial score (nSPS) is 15.3. The van der Waals surface area contributed by atoms with Crippen LogP contribution in [0.3, 0.4) is 0 Å². The second-order valence-corrected chi connectivity index (χ2v) is 6.01. The maximum Gasteiger partial charge on any atom is 0.188 e. The Morgan fingerprint density at radius 3 is 2.81 bits per heavy atom. The van der Waals surface area contributed by atoms with Crippen LogP contribution >= 0.6 is 23.7 Å². The van der Waals surface area contributed by atoms with Crippen LogP contribution in [0, 0.1) is 6.92 Å². The third kappa shape index (κ3) is 4.32. The lowest BCUT2D eigenvalue weighted by Gasteiger charge is -2.23. The molecule has 6 heteroatoms. The number of pyridine rings is 1. The van der Waals surface area contributed by atoms with Crippen LogP contribution in [-0.2, 0) is 0 Å². The van der Waals surface area contributed by atoms with Crippen molar-refractivity contribution in [1.82, 2.24) is 9.97 Å². The highest BCUT2D eigenvalue weighted by molar-refractivity contribution is 7.13. The van der Waals surface area contributed by atoms with Gasteiger partial charge in [-0.3, -0.25) is 0 Å². The maximum atomic E-state index is 6.12. The van der Waals surface area contributed by atoms with Gasteiger partial charge in [0.2, 0.25) is 0 Å². The van der Waals surface area contributed by atoms with Gasteiger partial charge in [0.25, 0.3) is 0 Å². The minimum absolute atomic E-state index is 0. The lowest BCUT2D eigenvalue weighted by atomic mass is 9.98. The third-order valence-corrected chi connectivity index (χ3v) is 4.34. The fourth-order valence-corrected chi connectivity index (χ4v) is 3.14. The van der Waals surface area contributed by atoms with Crippen molar-refractivity contribution in [3.05, 3.63) is 29.4 Å². The van der Waals surface area contributed by atoms with Crippen LogP contribution in [0.2, 0.25) is 0 Å². The molecule has 1 aliphatic rings. The number of rotatable bonds is 4. The molecule has 114 valence electrons. The molecule has 1 N–H and O–H groups in total. The van der Waals surface area contributed by atoms with Gasteiger partial charge in [-0.25, -0.2) is 9.97 Å². The Kier molecular flexibility index (Phi) is 5.82. The van der Waals surface area contributed by atoms with E-state index < -0.39 is 0 Å². The molecule has 0 aliphatic heterocycles. The van der Waals surface area contributed by atoms with Crippen LogP contribution in [0.25, 0.3) is 0 Å². The van der Waals surface area contributed by atoms with E-state index in [1.54, 1.807) is 17.5 Å². The van der Waals surface area contributed by atoms with Gasteiger partial charge in [0.15, 0.2) is 16.7 Å². The van der Waals surface area contributed by atoms with E-state index in [9.17, 15) is 0 Å². The lowest BCUT2D eigenvalue weighted by molar-refractivity contribution is 0.155. The van der Waals surface area contributed by atoms with E-state index in [1.807, 2.05) is 24.4 Å². The molecule has 21 heavy (non-hydrogen) atoms. The summed E-state index contributed by atoms with van der Waals surface area (Å²) in [6, 6.07) is 3.89. The Labute approximate surface area is 135 Å². The first-order valence-electron chi connectivity index (χ1n) is 7.12. The third-order valence-electron chi connectivity index (χ3n) is 3.46. The van der Waals surface area contributed by atoms with Crippen molar-refractivity contribution in [3.8, 4) is 5.75 Å². The van der Waals surface area contributed by atoms with E-state index in [2.05, 4.69) is 15.3 Å². The number of ether oxygens (including phenoxy) is 1. The number of anilines is 2. The summed E-state index contributed by atoms with van der Waals surface area (Å²) < 4.78 is 6.12. The summed E-state index contributed by atoms with van der Waals surface area (Å²) in [5.74, 6) is 1.58. The van der Waals surface area contributed by atoms with Gasteiger partial charge in [-0.05, 0) is 44.7 Å². The molecule has 2 aromatic heterocycles. The Morgan fingerprint density at radius 1 is 1.29 bits per heavy atom. The summed E-state index contributed by atoms with van der Waals surface area (Å²) in [5.41, 5.74) is 1.02. The molecule has 2 aromatic rings. The molecule has 2 heterocycles. The molecule has 0 unspecified atom stereocenters. The van der Waals surface area contributed by atoms with Gasteiger partial charge >= 0.3 is 0 Å². The molecule has 1 aliphatic carbocycles. The van der Waals surface area contributed by atoms with Gasteiger partial charge in [-0.1, -0.05) is 6.42 Å². The Hall–Kier alpha value is -1.33. The summed E-state index contributed by atoms with van der Waals surface area (Å²) in [6.45, 7) is 1.99. The van der Waals surface area contributed by atoms with Crippen LogP contribution in [-0.4, -0.2) is 16.1 Å². The molecule has 0 aromatic carbocycles. The van der Waals surface area contributed by atoms with Crippen molar-refractivity contribution in [2.75, 3.05) is 5.32 Å². The first-order valence-corrected chi connectivity index (χ1v) is 8.00. The SMILES string of the molecule is Cc1csc(Nc2ncccc2OC2CCCCC2)n1.Cl. The molecule has 1 saturated carbocycles. The van der Waals surface area contributed by atoms with Gasteiger partial charge in [0.1, 0.15) is 0 Å². The van der Waals surface area contributed by atoms with Gasteiger partial charge in [0, 0.05) is 11.6 Å². The van der Waals surface area contributed by atoms with Crippen LogP contribution in [0.4, 0.5) is 10.9 Å². The monoisotopic (exact) mass is 325 g/mol. The predicted molar refractivity (Wildman–Crippen MR) is 89.1 cm³/mol. The molecule has 3 rings (SSSR count). The molecule has 0 atom stereocenters. The van der Waals surface area contributed by atoms with Crippen LogP contribution in [0.1, 0.15) is 37.8 Å². The highest BCUT2D eigenvalue weighted by Gasteiger charge is 2.17. The number of hydrogen-bond acceptors (Lipinski definition) is 5. The molecule has 0 amide bonds. The lowest BCUT2D eigenvalue weighted by Crippen LogP contribution is -2.20.